The minimum absolute atomic E-state index is 0.697. The van der Waals surface area contributed by atoms with E-state index in [9.17, 15) is 0 Å². The van der Waals surface area contributed by atoms with Crippen LogP contribution >= 0.6 is 23.4 Å². The van der Waals surface area contributed by atoms with E-state index in [1.54, 1.807) is 6.21 Å². The van der Waals surface area contributed by atoms with Gasteiger partial charge in [0.25, 0.3) is 0 Å². The van der Waals surface area contributed by atoms with Crippen LogP contribution in [0.25, 0.3) is 0 Å². The summed E-state index contributed by atoms with van der Waals surface area (Å²) in [5.74, 6) is 1.16. The van der Waals surface area contributed by atoms with E-state index in [1.165, 1.54) is 11.3 Å². The maximum atomic E-state index is 5.91. The molecule has 0 aromatic heterocycles. The molecule has 0 aliphatic heterocycles. The van der Waals surface area contributed by atoms with Gasteiger partial charge in [-0.1, -0.05) is 36.7 Å². The van der Waals surface area contributed by atoms with Crippen molar-refractivity contribution in [2.45, 2.75) is 18.2 Å². The monoisotopic (exact) mass is 304 g/mol. The van der Waals surface area contributed by atoms with Crippen molar-refractivity contribution in [3.63, 3.8) is 0 Å². The largest absolute Gasteiger partial charge is 0.278 e. The summed E-state index contributed by atoms with van der Waals surface area (Å²) >= 11 is 7.78. The van der Waals surface area contributed by atoms with Crippen LogP contribution in [0, 0.1) is 0 Å². The standard InChI is InChI=1S/C16H17ClN2S/c1-2-10-20-16-8-6-13(7-9-16)12-18-19-15-5-3-4-14(17)11-15/h3-9,11-12,19H,2,10H2,1H3. The molecule has 0 fully saturated rings. The van der Waals surface area contributed by atoms with Gasteiger partial charge in [-0.3, -0.25) is 5.43 Å². The Labute approximate surface area is 129 Å². The lowest BCUT2D eigenvalue weighted by molar-refractivity contribution is 1.10. The maximum Gasteiger partial charge on any atom is 0.0576 e. The lowest BCUT2D eigenvalue weighted by Crippen LogP contribution is -1.90. The summed E-state index contributed by atoms with van der Waals surface area (Å²) < 4.78 is 0. The predicted octanol–water partition coefficient (Wildman–Crippen LogP) is 5.29. The first-order valence-electron chi connectivity index (χ1n) is 6.55. The number of rotatable bonds is 6. The zero-order chi connectivity index (χ0) is 14.2. The lowest BCUT2D eigenvalue weighted by atomic mass is 10.2. The highest BCUT2D eigenvalue weighted by molar-refractivity contribution is 7.99. The van der Waals surface area contributed by atoms with Crippen molar-refractivity contribution in [1.29, 1.82) is 0 Å². The third-order valence-electron chi connectivity index (χ3n) is 2.58. The fraction of sp³-hybridized carbons (Fsp3) is 0.188. The van der Waals surface area contributed by atoms with Crippen molar-refractivity contribution in [2.24, 2.45) is 5.10 Å². The number of thioether (sulfide) groups is 1. The van der Waals surface area contributed by atoms with Crippen molar-refractivity contribution in [1.82, 2.24) is 0 Å². The molecule has 0 saturated carbocycles. The van der Waals surface area contributed by atoms with Crippen molar-refractivity contribution >= 4 is 35.3 Å². The number of hydrogen-bond acceptors (Lipinski definition) is 3. The summed E-state index contributed by atoms with van der Waals surface area (Å²) in [5.41, 5.74) is 4.91. The van der Waals surface area contributed by atoms with Crippen LogP contribution in [-0.2, 0) is 0 Å². The molecule has 2 nitrogen and oxygen atoms in total. The van der Waals surface area contributed by atoms with Crippen LogP contribution in [0.2, 0.25) is 5.02 Å². The van der Waals surface area contributed by atoms with Crippen LogP contribution in [0.4, 0.5) is 5.69 Å². The molecule has 0 atom stereocenters. The highest BCUT2D eigenvalue weighted by atomic mass is 35.5. The van der Waals surface area contributed by atoms with Crippen LogP contribution in [-0.4, -0.2) is 12.0 Å². The molecule has 0 radical (unpaired) electrons. The van der Waals surface area contributed by atoms with Gasteiger partial charge in [-0.25, -0.2) is 0 Å². The second kappa shape index (κ2) is 7.98. The third-order valence-corrected chi connectivity index (χ3v) is 4.04. The average molecular weight is 305 g/mol. The van der Waals surface area contributed by atoms with Gasteiger partial charge in [-0.2, -0.15) is 5.10 Å². The Balaban J connectivity index is 1.91. The molecular weight excluding hydrogens is 288 g/mol. The van der Waals surface area contributed by atoms with E-state index in [4.69, 9.17) is 11.6 Å². The molecule has 0 saturated heterocycles. The second-order valence-electron chi connectivity index (χ2n) is 4.30. The van der Waals surface area contributed by atoms with E-state index in [2.05, 4.69) is 41.7 Å². The van der Waals surface area contributed by atoms with E-state index in [0.29, 0.717) is 5.02 Å². The molecule has 20 heavy (non-hydrogen) atoms. The van der Waals surface area contributed by atoms with Crippen LogP contribution in [0.15, 0.2) is 58.5 Å². The molecule has 0 spiro atoms. The first-order valence-corrected chi connectivity index (χ1v) is 7.92. The molecule has 104 valence electrons. The Hall–Kier alpha value is -1.45. The van der Waals surface area contributed by atoms with Gasteiger partial charge in [0.15, 0.2) is 0 Å². The second-order valence-corrected chi connectivity index (χ2v) is 5.90. The Kier molecular flexibility index (Phi) is 5.96. The number of nitrogens with one attached hydrogen (secondary N) is 1. The molecule has 2 rings (SSSR count). The van der Waals surface area contributed by atoms with Gasteiger partial charge < -0.3 is 0 Å². The fourth-order valence-electron chi connectivity index (χ4n) is 1.61. The summed E-state index contributed by atoms with van der Waals surface area (Å²) in [6.45, 7) is 2.19. The highest BCUT2D eigenvalue weighted by Gasteiger charge is 1.94. The average Bonchev–Trinajstić information content (AvgIpc) is 2.46. The van der Waals surface area contributed by atoms with Gasteiger partial charge in [0, 0.05) is 9.92 Å². The molecule has 0 heterocycles. The van der Waals surface area contributed by atoms with Crippen molar-refractivity contribution in [3.8, 4) is 0 Å². The summed E-state index contributed by atoms with van der Waals surface area (Å²) in [4.78, 5) is 1.30. The van der Waals surface area contributed by atoms with Crippen molar-refractivity contribution in [2.75, 3.05) is 11.2 Å². The van der Waals surface area contributed by atoms with E-state index in [-0.39, 0.29) is 0 Å². The molecular formula is C16H17ClN2S. The molecule has 4 heteroatoms. The Morgan fingerprint density at radius 2 is 2.00 bits per heavy atom. The molecule has 2 aromatic rings. The summed E-state index contributed by atoms with van der Waals surface area (Å²) in [6, 6.07) is 15.9. The number of anilines is 1. The van der Waals surface area contributed by atoms with Crippen LogP contribution in [0.1, 0.15) is 18.9 Å². The predicted molar refractivity (Wildman–Crippen MR) is 90.1 cm³/mol. The van der Waals surface area contributed by atoms with Crippen molar-refractivity contribution in [3.05, 3.63) is 59.1 Å². The van der Waals surface area contributed by atoms with E-state index in [1.807, 2.05) is 36.0 Å². The van der Waals surface area contributed by atoms with E-state index in [0.717, 1.165) is 17.0 Å². The molecule has 0 aliphatic carbocycles. The van der Waals surface area contributed by atoms with E-state index >= 15 is 0 Å². The number of nitrogens with zero attached hydrogens (tertiary/aromatic N) is 1. The highest BCUT2D eigenvalue weighted by Crippen LogP contribution is 2.18. The molecule has 0 amide bonds. The summed E-state index contributed by atoms with van der Waals surface area (Å²) in [5, 5.41) is 4.90. The summed E-state index contributed by atoms with van der Waals surface area (Å²) in [6.07, 6.45) is 2.99. The normalized spacial score (nSPS) is 10.9. The van der Waals surface area contributed by atoms with Gasteiger partial charge in [-0.15, -0.1) is 11.8 Å². The first-order chi connectivity index (χ1) is 9.78. The van der Waals surface area contributed by atoms with Gasteiger partial charge in [0.05, 0.1) is 11.9 Å². The maximum absolute atomic E-state index is 5.91. The number of hydrogen-bond donors (Lipinski definition) is 1. The molecule has 1 N–H and O–H groups in total. The van der Waals surface area contributed by atoms with Gasteiger partial charge in [0.2, 0.25) is 0 Å². The number of hydrazone groups is 1. The van der Waals surface area contributed by atoms with Gasteiger partial charge in [-0.05, 0) is 48.1 Å². The summed E-state index contributed by atoms with van der Waals surface area (Å²) in [7, 11) is 0. The Morgan fingerprint density at radius 1 is 1.20 bits per heavy atom. The Morgan fingerprint density at radius 3 is 2.70 bits per heavy atom. The molecule has 0 bridgehead atoms. The Bertz CT molecular complexity index is 567. The number of halogens is 1. The van der Waals surface area contributed by atoms with Crippen molar-refractivity contribution < 1.29 is 0 Å². The fourth-order valence-corrected chi connectivity index (χ4v) is 2.57. The smallest absolute Gasteiger partial charge is 0.0576 e. The van der Waals surface area contributed by atoms with Gasteiger partial charge >= 0.3 is 0 Å². The molecule has 0 aliphatic rings. The van der Waals surface area contributed by atoms with Crippen LogP contribution < -0.4 is 5.43 Å². The lowest BCUT2D eigenvalue weighted by Gasteiger charge is -2.01. The zero-order valence-electron chi connectivity index (χ0n) is 11.3. The topological polar surface area (TPSA) is 24.4 Å². The van der Waals surface area contributed by atoms with E-state index < -0.39 is 0 Å². The quantitative estimate of drug-likeness (QED) is 0.445. The zero-order valence-corrected chi connectivity index (χ0v) is 12.9. The molecule has 0 unspecified atom stereocenters. The van der Waals surface area contributed by atoms with Crippen LogP contribution in [0.3, 0.4) is 0 Å². The number of benzene rings is 2. The third kappa shape index (κ3) is 4.91. The SMILES string of the molecule is CCCSc1ccc(C=NNc2cccc(Cl)c2)cc1. The minimum Gasteiger partial charge on any atom is -0.278 e. The first kappa shape index (κ1) is 14.9. The van der Waals surface area contributed by atoms with Crippen LogP contribution in [0.5, 0.6) is 0 Å². The van der Waals surface area contributed by atoms with Gasteiger partial charge in [0.1, 0.15) is 0 Å². The minimum atomic E-state index is 0.697. The molecule has 2 aromatic carbocycles.